The Morgan fingerprint density at radius 1 is 0.780 bits per heavy atom. The molecule has 0 radical (unpaired) electrons. The van der Waals surface area contributed by atoms with Gasteiger partial charge in [-0.1, -0.05) is 38.5 Å². The van der Waals surface area contributed by atoms with Crippen molar-refractivity contribution >= 4 is 17.9 Å². The highest BCUT2D eigenvalue weighted by atomic mass is 19.3. The molecule has 8 nitrogen and oxygen atoms in total. The maximum absolute atomic E-state index is 13.4. The van der Waals surface area contributed by atoms with Crippen LogP contribution in [0.4, 0.5) is 22.4 Å². The first-order chi connectivity index (χ1) is 19.1. The van der Waals surface area contributed by atoms with Gasteiger partial charge in [0.15, 0.2) is 0 Å². The first kappa shape index (κ1) is 33.4. The molecule has 0 aromatic rings. The molecule has 4 fully saturated rings. The fourth-order valence-electron chi connectivity index (χ4n) is 6.23. The van der Waals surface area contributed by atoms with Gasteiger partial charge in [0, 0.05) is 25.9 Å². The first-order valence-electron chi connectivity index (χ1n) is 15.2. The van der Waals surface area contributed by atoms with Crippen LogP contribution < -0.4 is 11.1 Å². The van der Waals surface area contributed by atoms with Crippen molar-refractivity contribution in [3.63, 3.8) is 0 Å². The minimum Gasteiger partial charge on any atom is -0.444 e. The molecular weight excluding hydrogens is 544 g/mol. The van der Waals surface area contributed by atoms with Gasteiger partial charge in [-0.05, 0) is 58.3 Å². The third kappa shape index (κ3) is 10.3. The predicted octanol–water partition coefficient (Wildman–Crippen LogP) is 5.09. The Kier molecular flexibility index (Phi) is 11.3. The predicted molar refractivity (Wildman–Crippen MR) is 147 cm³/mol. The van der Waals surface area contributed by atoms with Crippen molar-refractivity contribution in [3.8, 4) is 0 Å². The molecule has 2 heterocycles. The highest BCUT2D eigenvalue weighted by molar-refractivity contribution is 5.86. The molecule has 0 unspecified atom stereocenters. The van der Waals surface area contributed by atoms with Crippen LogP contribution in [0, 0.1) is 11.8 Å². The molecule has 0 aromatic carbocycles. The van der Waals surface area contributed by atoms with Crippen LogP contribution in [0.1, 0.15) is 97.8 Å². The molecule has 3 N–H and O–H groups in total. The van der Waals surface area contributed by atoms with Gasteiger partial charge in [-0.25, -0.2) is 22.4 Å². The molecule has 236 valence electrons. The maximum atomic E-state index is 13.4. The van der Waals surface area contributed by atoms with Crippen molar-refractivity contribution in [1.29, 1.82) is 0 Å². The SMILES string of the molecule is CC(C)(C)OC(=O)N[C@H](C(=O)N1CCC(F)(F)C1)C1CCCCC1.N[C@H](C(=O)N1CCC(F)(F)C1)C1CCCCC1. The Labute approximate surface area is 241 Å². The maximum Gasteiger partial charge on any atom is 0.408 e. The van der Waals surface area contributed by atoms with E-state index in [0.29, 0.717) is 0 Å². The van der Waals surface area contributed by atoms with E-state index in [2.05, 4.69) is 5.32 Å². The molecule has 4 rings (SSSR count). The topological polar surface area (TPSA) is 105 Å². The number of nitrogens with one attached hydrogen (secondary N) is 1. The number of hydrogen-bond acceptors (Lipinski definition) is 5. The summed E-state index contributed by atoms with van der Waals surface area (Å²) in [5, 5.41) is 2.65. The van der Waals surface area contributed by atoms with E-state index in [1.54, 1.807) is 20.8 Å². The summed E-state index contributed by atoms with van der Waals surface area (Å²) in [7, 11) is 0. The van der Waals surface area contributed by atoms with Gasteiger partial charge in [-0.3, -0.25) is 9.59 Å². The average molecular weight is 593 g/mol. The van der Waals surface area contributed by atoms with Gasteiger partial charge in [0.25, 0.3) is 11.8 Å². The Balaban J connectivity index is 0.000000239. The van der Waals surface area contributed by atoms with Gasteiger partial charge in [0.1, 0.15) is 11.6 Å². The van der Waals surface area contributed by atoms with Crippen molar-refractivity contribution in [2.24, 2.45) is 17.6 Å². The van der Waals surface area contributed by atoms with Crippen LogP contribution in [0.25, 0.3) is 0 Å². The average Bonchev–Trinajstić information content (AvgIpc) is 3.47. The minimum absolute atomic E-state index is 0.0204. The fraction of sp³-hybridized carbons (Fsp3) is 0.897. The molecule has 0 aromatic heterocycles. The molecule has 2 aliphatic carbocycles. The summed E-state index contributed by atoms with van der Waals surface area (Å²) in [5.74, 6) is -6.09. The fourth-order valence-corrected chi connectivity index (χ4v) is 6.23. The molecule has 4 aliphatic rings. The normalized spacial score (nSPS) is 24.7. The van der Waals surface area contributed by atoms with Gasteiger partial charge in [-0.15, -0.1) is 0 Å². The Morgan fingerprint density at radius 3 is 1.63 bits per heavy atom. The molecule has 12 heteroatoms. The second-order valence-electron chi connectivity index (χ2n) is 13.2. The lowest BCUT2D eigenvalue weighted by atomic mass is 9.83. The van der Waals surface area contributed by atoms with Crippen LogP contribution in [0.5, 0.6) is 0 Å². The zero-order valence-corrected chi connectivity index (χ0v) is 24.7. The van der Waals surface area contributed by atoms with Crippen molar-refractivity contribution in [1.82, 2.24) is 15.1 Å². The van der Waals surface area contributed by atoms with Gasteiger partial charge < -0.3 is 25.6 Å². The smallest absolute Gasteiger partial charge is 0.408 e. The number of amides is 3. The highest BCUT2D eigenvalue weighted by Crippen LogP contribution is 2.32. The zero-order chi connectivity index (χ0) is 30.4. The first-order valence-corrected chi connectivity index (χ1v) is 15.2. The standard InChI is InChI=1S/C17H28F2N2O3.C12H20F2N2O/c1-16(2,3)24-15(23)20-13(12-7-5-4-6-8-12)14(22)21-10-9-17(18,19)11-21;13-12(14)6-7-16(8-12)11(17)10(15)9-4-2-1-3-5-9/h12-13H,4-11H2,1-3H3,(H,20,23);9-10H,1-8,15H2/t13-;10-/m00/s1. The third-order valence-corrected chi connectivity index (χ3v) is 8.47. The van der Waals surface area contributed by atoms with Crippen LogP contribution >= 0.6 is 0 Å². The summed E-state index contributed by atoms with van der Waals surface area (Å²) >= 11 is 0. The minimum atomic E-state index is -2.83. The van der Waals surface area contributed by atoms with E-state index in [-0.39, 0.29) is 43.7 Å². The molecule has 2 atom stereocenters. The number of likely N-dealkylation sites (tertiary alicyclic amines) is 2. The summed E-state index contributed by atoms with van der Waals surface area (Å²) < 4.78 is 58.2. The number of ether oxygens (including phenoxy) is 1. The van der Waals surface area contributed by atoms with Crippen molar-refractivity contribution in [2.45, 2.75) is 127 Å². The second kappa shape index (κ2) is 13.9. The highest BCUT2D eigenvalue weighted by Gasteiger charge is 2.44. The van der Waals surface area contributed by atoms with Crippen LogP contribution in [0.3, 0.4) is 0 Å². The largest absolute Gasteiger partial charge is 0.444 e. The monoisotopic (exact) mass is 592 g/mol. The van der Waals surface area contributed by atoms with E-state index in [4.69, 9.17) is 10.5 Å². The number of hydrogen-bond donors (Lipinski definition) is 2. The van der Waals surface area contributed by atoms with Crippen LogP contribution in [-0.2, 0) is 14.3 Å². The Bertz CT molecular complexity index is 902. The van der Waals surface area contributed by atoms with Crippen molar-refractivity contribution in [2.75, 3.05) is 26.2 Å². The summed E-state index contributed by atoms with van der Waals surface area (Å²) in [4.78, 5) is 39.3. The number of halogens is 4. The number of carbonyl (C=O) groups is 3. The lowest BCUT2D eigenvalue weighted by molar-refractivity contribution is -0.136. The molecule has 2 saturated carbocycles. The van der Waals surface area contributed by atoms with E-state index in [9.17, 15) is 31.9 Å². The molecule has 41 heavy (non-hydrogen) atoms. The Hall–Kier alpha value is -2.11. The van der Waals surface area contributed by atoms with Gasteiger partial charge in [0.05, 0.1) is 19.1 Å². The second-order valence-corrected chi connectivity index (χ2v) is 13.2. The van der Waals surface area contributed by atoms with E-state index in [1.165, 1.54) is 16.2 Å². The Morgan fingerprint density at radius 2 is 1.22 bits per heavy atom. The zero-order valence-electron chi connectivity index (χ0n) is 24.7. The number of rotatable bonds is 5. The molecule has 2 aliphatic heterocycles. The van der Waals surface area contributed by atoms with E-state index >= 15 is 0 Å². The lowest BCUT2D eigenvalue weighted by Crippen LogP contribution is -2.53. The van der Waals surface area contributed by atoms with E-state index in [1.807, 2.05) is 0 Å². The molecule has 0 spiro atoms. The number of carbonyl (C=O) groups excluding carboxylic acids is 3. The van der Waals surface area contributed by atoms with Crippen LogP contribution in [0.15, 0.2) is 0 Å². The molecule has 3 amide bonds. The molecular formula is C29H48F4N4O4. The summed E-state index contributed by atoms with van der Waals surface area (Å²) in [6, 6.07) is -1.36. The third-order valence-electron chi connectivity index (χ3n) is 8.47. The van der Waals surface area contributed by atoms with E-state index < -0.39 is 54.6 Å². The number of nitrogens with zero attached hydrogens (tertiary/aromatic N) is 2. The quantitative estimate of drug-likeness (QED) is 0.433. The summed E-state index contributed by atoms with van der Waals surface area (Å²) in [6.07, 6.45) is 8.80. The van der Waals surface area contributed by atoms with Crippen molar-refractivity contribution in [3.05, 3.63) is 0 Å². The lowest BCUT2D eigenvalue weighted by Gasteiger charge is -2.33. The number of nitrogens with two attached hydrogens (primary N) is 1. The van der Waals surface area contributed by atoms with Crippen molar-refractivity contribution < 1.29 is 36.7 Å². The van der Waals surface area contributed by atoms with Gasteiger partial charge >= 0.3 is 6.09 Å². The van der Waals surface area contributed by atoms with Crippen LogP contribution in [0.2, 0.25) is 0 Å². The molecule has 2 saturated heterocycles. The van der Waals surface area contributed by atoms with Gasteiger partial charge in [-0.2, -0.15) is 0 Å². The number of alkyl carbamates (subject to hydrolysis) is 1. The van der Waals surface area contributed by atoms with Gasteiger partial charge in [0.2, 0.25) is 11.8 Å². The summed E-state index contributed by atoms with van der Waals surface area (Å²) in [5.41, 5.74) is 5.25. The number of alkyl halides is 4. The van der Waals surface area contributed by atoms with Crippen LogP contribution in [-0.4, -0.2) is 83.4 Å². The summed E-state index contributed by atoms with van der Waals surface area (Å²) in [6.45, 7) is 4.38. The molecule has 0 bridgehead atoms. The van der Waals surface area contributed by atoms with E-state index in [0.717, 1.165) is 57.8 Å².